The van der Waals surface area contributed by atoms with E-state index in [2.05, 4.69) is 28.8 Å². The van der Waals surface area contributed by atoms with Gasteiger partial charge in [-0.15, -0.1) is 5.10 Å². The quantitative estimate of drug-likeness (QED) is 0.753. The van der Waals surface area contributed by atoms with E-state index in [9.17, 15) is 4.79 Å². The first kappa shape index (κ1) is 15.0. The first-order valence-corrected chi connectivity index (χ1v) is 7.20. The van der Waals surface area contributed by atoms with Crippen molar-refractivity contribution in [3.05, 3.63) is 10.6 Å². The summed E-state index contributed by atoms with van der Waals surface area (Å²) in [6, 6.07) is 0. The van der Waals surface area contributed by atoms with Gasteiger partial charge in [-0.1, -0.05) is 31.2 Å². The van der Waals surface area contributed by atoms with Crippen LogP contribution in [0.15, 0.2) is 0 Å². The molecule has 0 aliphatic rings. The molecule has 0 fully saturated rings. The predicted molar refractivity (Wildman–Crippen MR) is 71.7 cm³/mol. The third-order valence-corrected chi connectivity index (χ3v) is 3.68. The van der Waals surface area contributed by atoms with Crippen LogP contribution in [-0.4, -0.2) is 33.8 Å². The normalized spacial score (nSPS) is 12.4. The van der Waals surface area contributed by atoms with E-state index in [1.165, 1.54) is 0 Å². The van der Waals surface area contributed by atoms with Gasteiger partial charge >= 0.3 is 0 Å². The average molecular weight is 271 g/mol. The van der Waals surface area contributed by atoms with Gasteiger partial charge in [0.25, 0.3) is 5.91 Å². The van der Waals surface area contributed by atoms with Gasteiger partial charge < -0.3 is 10.4 Å². The van der Waals surface area contributed by atoms with Gasteiger partial charge in [0.05, 0.1) is 5.69 Å². The second-order valence-electron chi connectivity index (χ2n) is 4.30. The Balaban J connectivity index is 2.51. The highest BCUT2D eigenvalue weighted by atomic mass is 32.1. The molecule has 5 nitrogen and oxygen atoms in total. The molecule has 1 unspecified atom stereocenters. The second kappa shape index (κ2) is 8.16. The minimum Gasteiger partial charge on any atom is -0.396 e. The van der Waals surface area contributed by atoms with Crippen LogP contribution in [0.2, 0.25) is 0 Å². The first-order valence-electron chi connectivity index (χ1n) is 6.43. The molecule has 1 amide bonds. The Bertz CT molecular complexity index is 368. The van der Waals surface area contributed by atoms with Crippen LogP contribution in [0.5, 0.6) is 0 Å². The van der Waals surface area contributed by atoms with E-state index in [1.54, 1.807) is 0 Å². The maximum atomic E-state index is 12.0. The van der Waals surface area contributed by atoms with E-state index < -0.39 is 0 Å². The molecule has 2 N–H and O–H groups in total. The number of nitrogens with zero attached hydrogens (tertiary/aromatic N) is 2. The molecule has 0 saturated carbocycles. The molecule has 6 heteroatoms. The van der Waals surface area contributed by atoms with Crippen molar-refractivity contribution >= 4 is 17.4 Å². The topological polar surface area (TPSA) is 75.1 Å². The Kier molecular flexibility index (Phi) is 6.82. The van der Waals surface area contributed by atoms with Crippen molar-refractivity contribution in [2.45, 2.75) is 39.5 Å². The molecule has 0 aliphatic carbocycles. The largest absolute Gasteiger partial charge is 0.396 e. The fourth-order valence-corrected chi connectivity index (χ4v) is 2.36. The number of hydrogen-bond acceptors (Lipinski definition) is 5. The van der Waals surface area contributed by atoms with Gasteiger partial charge in [0.1, 0.15) is 4.88 Å². The summed E-state index contributed by atoms with van der Waals surface area (Å²) in [4.78, 5) is 12.6. The summed E-state index contributed by atoms with van der Waals surface area (Å²) in [7, 11) is 0. The van der Waals surface area contributed by atoms with Crippen LogP contribution < -0.4 is 5.32 Å². The maximum absolute atomic E-state index is 12.0. The maximum Gasteiger partial charge on any atom is 0.264 e. The Hall–Kier alpha value is -1.01. The fourth-order valence-electron chi connectivity index (χ4n) is 1.73. The Labute approximate surface area is 112 Å². The van der Waals surface area contributed by atoms with Crippen molar-refractivity contribution in [1.82, 2.24) is 14.9 Å². The molecule has 1 aromatic rings. The van der Waals surface area contributed by atoms with Crippen molar-refractivity contribution in [3.8, 4) is 0 Å². The average Bonchev–Trinajstić information content (AvgIpc) is 2.83. The van der Waals surface area contributed by atoms with E-state index in [4.69, 9.17) is 5.11 Å². The number of rotatable bonds is 8. The lowest BCUT2D eigenvalue weighted by Gasteiger charge is -2.13. The van der Waals surface area contributed by atoms with Crippen molar-refractivity contribution in [1.29, 1.82) is 0 Å². The summed E-state index contributed by atoms with van der Waals surface area (Å²) >= 11 is 1.15. The number of carbonyl (C=O) groups excluding carboxylic acids is 1. The van der Waals surface area contributed by atoms with Gasteiger partial charge in [-0.05, 0) is 30.3 Å². The number of hydrogen-bond donors (Lipinski definition) is 2. The van der Waals surface area contributed by atoms with E-state index >= 15 is 0 Å². The first-order chi connectivity index (χ1) is 8.72. The van der Waals surface area contributed by atoms with Crippen LogP contribution in [0.1, 0.15) is 48.5 Å². The number of nitrogens with one attached hydrogen (secondary N) is 1. The monoisotopic (exact) mass is 271 g/mol. The summed E-state index contributed by atoms with van der Waals surface area (Å²) in [5.74, 6) is 0.235. The molecule has 18 heavy (non-hydrogen) atoms. The summed E-state index contributed by atoms with van der Waals surface area (Å²) in [6.07, 6.45) is 3.41. The summed E-state index contributed by atoms with van der Waals surface area (Å²) < 4.78 is 3.84. The zero-order valence-electron chi connectivity index (χ0n) is 11.0. The Morgan fingerprint density at radius 1 is 1.50 bits per heavy atom. The zero-order valence-corrected chi connectivity index (χ0v) is 11.8. The lowest BCUT2D eigenvalue weighted by atomic mass is 10.0. The summed E-state index contributed by atoms with van der Waals surface area (Å²) in [5, 5.41) is 15.8. The molecule has 0 saturated heterocycles. The van der Waals surface area contributed by atoms with Gasteiger partial charge in [-0.2, -0.15) is 0 Å². The van der Waals surface area contributed by atoms with Crippen LogP contribution in [0, 0.1) is 5.92 Å². The standard InChI is InChI=1S/C12H21N3O2S/c1-3-5-10-11(18-15-14-10)12(17)13-8-9(4-2)6-7-16/h9,16H,3-8H2,1-2H3,(H,13,17). The van der Waals surface area contributed by atoms with Crippen LogP contribution in [0.3, 0.4) is 0 Å². The molecule has 0 aromatic carbocycles. The van der Waals surface area contributed by atoms with Crippen molar-refractivity contribution in [2.24, 2.45) is 5.92 Å². The van der Waals surface area contributed by atoms with Crippen LogP contribution in [-0.2, 0) is 6.42 Å². The molecular formula is C12H21N3O2S. The van der Waals surface area contributed by atoms with E-state index in [-0.39, 0.29) is 12.5 Å². The summed E-state index contributed by atoms with van der Waals surface area (Å²) in [5.41, 5.74) is 0.787. The minimum absolute atomic E-state index is 0.0927. The molecule has 102 valence electrons. The van der Waals surface area contributed by atoms with E-state index in [0.717, 1.165) is 42.9 Å². The number of carbonyl (C=O) groups is 1. The third-order valence-electron chi connectivity index (χ3n) is 2.91. The minimum atomic E-state index is -0.0927. The van der Waals surface area contributed by atoms with Gasteiger partial charge in [-0.25, -0.2) is 0 Å². The van der Waals surface area contributed by atoms with Crippen LogP contribution >= 0.6 is 11.5 Å². The highest BCUT2D eigenvalue weighted by Gasteiger charge is 2.16. The van der Waals surface area contributed by atoms with Gasteiger partial charge in [0.15, 0.2) is 0 Å². The fraction of sp³-hybridized carbons (Fsp3) is 0.750. The molecule has 1 aromatic heterocycles. The van der Waals surface area contributed by atoms with Crippen LogP contribution in [0.4, 0.5) is 0 Å². The predicted octanol–water partition coefficient (Wildman–Crippen LogP) is 1.63. The number of aliphatic hydroxyl groups is 1. The summed E-state index contributed by atoms with van der Waals surface area (Å²) in [6.45, 7) is 4.87. The number of aromatic nitrogens is 2. The molecule has 0 radical (unpaired) electrons. The van der Waals surface area contributed by atoms with Crippen molar-refractivity contribution in [3.63, 3.8) is 0 Å². The van der Waals surface area contributed by atoms with E-state index in [0.29, 0.717) is 17.3 Å². The molecule has 1 rings (SSSR count). The molecular weight excluding hydrogens is 250 g/mol. The third kappa shape index (κ3) is 4.34. The number of aliphatic hydroxyl groups excluding tert-OH is 1. The number of aryl methyl sites for hydroxylation is 1. The molecule has 0 aliphatic heterocycles. The Morgan fingerprint density at radius 3 is 2.89 bits per heavy atom. The van der Waals surface area contributed by atoms with Crippen molar-refractivity contribution in [2.75, 3.05) is 13.2 Å². The molecule has 1 heterocycles. The smallest absolute Gasteiger partial charge is 0.264 e. The zero-order chi connectivity index (χ0) is 13.4. The lowest BCUT2D eigenvalue weighted by Crippen LogP contribution is -2.29. The molecule has 0 bridgehead atoms. The number of amides is 1. The SMILES string of the molecule is CCCc1nnsc1C(=O)NCC(CC)CCO. The lowest BCUT2D eigenvalue weighted by molar-refractivity contribution is 0.0946. The van der Waals surface area contributed by atoms with Gasteiger partial charge in [0, 0.05) is 13.2 Å². The van der Waals surface area contributed by atoms with Gasteiger partial charge in [-0.3, -0.25) is 4.79 Å². The molecule has 1 atom stereocenters. The van der Waals surface area contributed by atoms with Crippen LogP contribution in [0.25, 0.3) is 0 Å². The highest BCUT2D eigenvalue weighted by Crippen LogP contribution is 2.13. The van der Waals surface area contributed by atoms with Crippen molar-refractivity contribution < 1.29 is 9.90 Å². The second-order valence-corrected chi connectivity index (χ2v) is 5.05. The highest BCUT2D eigenvalue weighted by molar-refractivity contribution is 7.08. The van der Waals surface area contributed by atoms with E-state index in [1.807, 2.05) is 0 Å². The molecule has 0 spiro atoms. The Morgan fingerprint density at radius 2 is 2.28 bits per heavy atom. The van der Waals surface area contributed by atoms with Gasteiger partial charge in [0.2, 0.25) is 0 Å².